The average molecular weight is 327 g/mol. The minimum atomic E-state index is 0. The van der Waals surface area contributed by atoms with Crippen LogP contribution >= 0.6 is 0 Å². The van der Waals surface area contributed by atoms with E-state index in [1.54, 1.807) is 0 Å². The summed E-state index contributed by atoms with van der Waals surface area (Å²) in [5.41, 5.74) is 2.76. The summed E-state index contributed by atoms with van der Waals surface area (Å²) in [7, 11) is 0. The number of hydrogen-bond donors (Lipinski definition) is 0. The summed E-state index contributed by atoms with van der Waals surface area (Å²) in [4.78, 5) is 0. The second kappa shape index (κ2) is 7.05. The molecule has 1 heteroatoms. The molecule has 0 amide bonds. The average Bonchev–Trinajstić information content (AvgIpc) is 2.94. The Morgan fingerprint density at radius 1 is 0.889 bits per heavy atom. The second-order valence-corrected chi connectivity index (χ2v) is 5.40. The van der Waals surface area contributed by atoms with Gasteiger partial charge in [-0.1, -0.05) is 68.0 Å². The quantitative estimate of drug-likeness (QED) is 0.510. The van der Waals surface area contributed by atoms with Crippen LogP contribution in [-0.2, 0) is 19.5 Å². The molecule has 0 aromatic heterocycles. The standard InChI is InChI=1S/C10H14.C7H8.Ru/c1-8(2)10-6-4-9(3)5-7-10;1-2-7-4-3-6(1)5-7;/h4-8H,1-3H3;1-4,6-7H,5H2;. The Morgan fingerprint density at radius 2 is 1.33 bits per heavy atom. The maximum Gasteiger partial charge on any atom is 0 e. The van der Waals surface area contributed by atoms with Gasteiger partial charge >= 0.3 is 0 Å². The Balaban J connectivity index is 0.000000178. The number of allylic oxidation sites excluding steroid dienone is 4. The summed E-state index contributed by atoms with van der Waals surface area (Å²) in [6, 6.07) is 8.71. The molecule has 2 bridgehead atoms. The third kappa shape index (κ3) is 4.21. The van der Waals surface area contributed by atoms with E-state index in [1.807, 2.05) is 0 Å². The molecule has 2 aliphatic rings. The van der Waals surface area contributed by atoms with E-state index in [4.69, 9.17) is 0 Å². The summed E-state index contributed by atoms with van der Waals surface area (Å²) in [5.74, 6) is 2.27. The normalized spacial score (nSPS) is 22.7. The van der Waals surface area contributed by atoms with Gasteiger partial charge in [0.25, 0.3) is 0 Å². The maximum atomic E-state index is 2.30. The van der Waals surface area contributed by atoms with Crippen molar-refractivity contribution < 1.29 is 19.5 Å². The number of fused-ring (bicyclic) bond motifs is 2. The zero-order chi connectivity index (χ0) is 12.3. The van der Waals surface area contributed by atoms with Crippen LogP contribution in [-0.4, -0.2) is 0 Å². The molecule has 1 aromatic carbocycles. The molecule has 0 radical (unpaired) electrons. The van der Waals surface area contributed by atoms with Crippen LogP contribution in [0.1, 0.15) is 37.3 Å². The van der Waals surface area contributed by atoms with E-state index in [0.29, 0.717) is 5.92 Å². The van der Waals surface area contributed by atoms with Gasteiger partial charge in [-0.3, -0.25) is 0 Å². The Morgan fingerprint density at radius 3 is 1.61 bits per heavy atom. The van der Waals surface area contributed by atoms with Crippen LogP contribution in [0.2, 0.25) is 0 Å². The predicted octanol–water partition coefficient (Wildman–Crippen LogP) is 4.86. The molecule has 0 atom stereocenters. The third-order valence-electron chi connectivity index (χ3n) is 3.50. The smallest absolute Gasteiger partial charge is 0 e. The molecule has 0 heterocycles. The molecule has 98 valence electrons. The topological polar surface area (TPSA) is 0 Å². The van der Waals surface area contributed by atoms with Crippen molar-refractivity contribution in [1.82, 2.24) is 0 Å². The van der Waals surface area contributed by atoms with Gasteiger partial charge in [-0.05, 0) is 36.7 Å². The van der Waals surface area contributed by atoms with E-state index in [-0.39, 0.29) is 19.5 Å². The van der Waals surface area contributed by atoms with Gasteiger partial charge in [0.2, 0.25) is 0 Å². The number of rotatable bonds is 1. The van der Waals surface area contributed by atoms with Gasteiger partial charge < -0.3 is 0 Å². The summed E-state index contributed by atoms with van der Waals surface area (Å²) < 4.78 is 0. The molecule has 0 saturated heterocycles. The van der Waals surface area contributed by atoms with Crippen LogP contribution in [0.5, 0.6) is 0 Å². The first kappa shape index (κ1) is 15.4. The number of hydrogen-bond acceptors (Lipinski definition) is 0. The summed E-state index contributed by atoms with van der Waals surface area (Å²) in [6.45, 7) is 6.54. The van der Waals surface area contributed by atoms with Crippen LogP contribution in [0.25, 0.3) is 0 Å². The molecule has 3 rings (SSSR count). The Kier molecular flexibility index (Phi) is 6.02. The Bertz CT molecular complexity index is 384. The van der Waals surface area contributed by atoms with Crippen LogP contribution in [0.15, 0.2) is 48.6 Å². The van der Waals surface area contributed by atoms with E-state index in [9.17, 15) is 0 Å². The number of benzene rings is 1. The van der Waals surface area contributed by atoms with Gasteiger partial charge in [0.1, 0.15) is 0 Å². The van der Waals surface area contributed by atoms with E-state index in [0.717, 1.165) is 11.8 Å². The third-order valence-corrected chi connectivity index (χ3v) is 3.50. The fourth-order valence-electron chi connectivity index (χ4n) is 2.28. The SMILES string of the molecule is C1=CC2C=CC1C2.Cc1ccc(C(C)C)cc1.[Ru]. The Hall–Kier alpha value is -0.677. The summed E-state index contributed by atoms with van der Waals surface area (Å²) in [5, 5.41) is 0. The van der Waals surface area contributed by atoms with Crippen molar-refractivity contribution in [2.75, 3.05) is 0 Å². The van der Waals surface area contributed by atoms with Crippen molar-refractivity contribution in [2.24, 2.45) is 11.8 Å². The van der Waals surface area contributed by atoms with Crippen molar-refractivity contribution in [3.63, 3.8) is 0 Å². The first-order valence-corrected chi connectivity index (χ1v) is 6.58. The molecule has 0 fully saturated rings. The van der Waals surface area contributed by atoms with Gasteiger partial charge in [0, 0.05) is 19.5 Å². The fourth-order valence-corrected chi connectivity index (χ4v) is 2.28. The molecule has 0 aliphatic heterocycles. The minimum absolute atomic E-state index is 0. The largest absolute Gasteiger partial charge is 0.0810 e. The summed E-state index contributed by atoms with van der Waals surface area (Å²) in [6.07, 6.45) is 10.5. The van der Waals surface area contributed by atoms with Crippen LogP contribution < -0.4 is 0 Å². The zero-order valence-electron chi connectivity index (χ0n) is 11.4. The second-order valence-electron chi connectivity index (χ2n) is 5.40. The zero-order valence-corrected chi connectivity index (χ0v) is 13.1. The van der Waals surface area contributed by atoms with Crippen molar-refractivity contribution in [3.8, 4) is 0 Å². The molecule has 2 aliphatic carbocycles. The van der Waals surface area contributed by atoms with Gasteiger partial charge in [-0.15, -0.1) is 0 Å². The van der Waals surface area contributed by atoms with Gasteiger partial charge in [0.05, 0.1) is 0 Å². The van der Waals surface area contributed by atoms with E-state index < -0.39 is 0 Å². The molecule has 0 N–H and O–H groups in total. The minimum Gasteiger partial charge on any atom is -0.0810 e. The van der Waals surface area contributed by atoms with Gasteiger partial charge in [-0.2, -0.15) is 0 Å². The van der Waals surface area contributed by atoms with Crippen molar-refractivity contribution in [1.29, 1.82) is 0 Å². The van der Waals surface area contributed by atoms with E-state index >= 15 is 0 Å². The van der Waals surface area contributed by atoms with Crippen molar-refractivity contribution in [3.05, 3.63) is 59.7 Å². The predicted molar refractivity (Wildman–Crippen MR) is 75.1 cm³/mol. The van der Waals surface area contributed by atoms with Gasteiger partial charge in [0.15, 0.2) is 0 Å². The monoisotopic (exact) mass is 328 g/mol. The molecule has 0 nitrogen and oxygen atoms in total. The molecule has 18 heavy (non-hydrogen) atoms. The summed E-state index contributed by atoms with van der Waals surface area (Å²) >= 11 is 0. The molecule has 1 aromatic rings. The molecule has 0 saturated carbocycles. The number of aryl methyl sites for hydroxylation is 1. The fraction of sp³-hybridized carbons (Fsp3) is 0.412. The Labute approximate surface area is 124 Å². The molecular weight excluding hydrogens is 305 g/mol. The maximum absolute atomic E-state index is 2.30. The first-order valence-electron chi connectivity index (χ1n) is 6.58. The van der Waals surface area contributed by atoms with E-state index in [1.165, 1.54) is 17.5 Å². The van der Waals surface area contributed by atoms with Crippen molar-refractivity contribution in [2.45, 2.75) is 33.1 Å². The van der Waals surface area contributed by atoms with E-state index in [2.05, 4.69) is 69.3 Å². The molecule has 0 unspecified atom stereocenters. The molecular formula is C17H22Ru. The van der Waals surface area contributed by atoms with Crippen molar-refractivity contribution >= 4 is 0 Å². The van der Waals surface area contributed by atoms with Gasteiger partial charge in [-0.25, -0.2) is 0 Å². The van der Waals surface area contributed by atoms with Crippen LogP contribution in [0.3, 0.4) is 0 Å². The first-order chi connectivity index (χ1) is 8.15. The molecule has 0 spiro atoms. The van der Waals surface area contributed by atoms with Crippen LogP contribution in [0, 0.1) is 18.8 Å². The van der Waals surface area contributed by atoms with Crippen LogP contribution in [0.4, 0.5) is 0 Å².